The molecule has 0 heterocycles. The van der Waals surface area contributed by atoms with Crippen LogP contribution in [0.1, 0.15) is 23.6 Å². The Balaban J connectivity index is 2.15. The molecule has 0 spiro atoms. The van der Waals surface area contributed by atoms with Gasteiger partial charge in [0.15, 0.2) is 0 Å². The van der Waals surface area contributed by atoms with Crippen LogP contribution in [0.2, 0.25) is 0 Å². The third-order valence-electron chi connectivity index (χ3n) is 3.20. The fraction of sp³-hybridized carbons (Fsp3) is 0.250. The Morgan fingerprint density at radius 3 is 2.19 bits per heavy atom. The van der Waals surface area contributed by atoms with E-state index >= 15 is 0 Å². The van der Waals surface area contributed by atoms with Crippen LogP contribution in [0.3, 0.4) is 0 Å². The summed E-state index contributed by atoms with van der Waals surface area (Å²) in [5.74, 6) is 0. The molecule has 0 saturated heterocycles. The van der Waals surface area contributed by atoms with Crippen LogP contribution in [0.5, 0.6) is 0 Å². The van der Waals surface area contributed by atoms with Crippen molar-refractivity contribution >= 4 is 21.6 Å². The number of alkyl halides is 3. The number of aryl methyl sites for hydroxylation is 1. The van der Waals surface area contributed by atoms with E-state index in [1.165, 1.54) is 11.6 Å². The zero-order chi connectivity index (χ0) is 15.5. The molecule has 0 radical (unpaired) electrons. The highest BCUT2D eigenvalue weighted by Gasteiger charge is 2.33. The molecule has 0 amide bonds. The van der Waals surface area contributed by atoms with Crippen molar-refractivity contribution in [3.05, 3.63) is 63.6 Å². The van der Waals surface area contributed by atoms with Gasteiger partial charge in [0.1, 0.15) is 0 Å². The first kappa shape index (κ1) is 15.9. The molecule has 1 nitrogen and oxygen atoms in total. The van der Waals surface area contributed by atoms with E-state index in [9.17, 15) is 13.2 Å². The Morgan fingerprint density at radius 1 is 1.00 bits per heavy atom. The summed E-state index contributed by atoms with van der Waals surface area (Å²) in [6, 6.07) is 12.0. The van der Waals surface area contributed by atoms with Gasteiger partial charge in [0.05, 0.1) is 5.56 Å². The van der Waals surface area contributed by atoms with Crippen LogP contribution in [0.4, 0.5) is 18.9 Å². The zero-order valence-corrected chi connectivity index (χ0v) is 13.1. The second kappa shape index (κ2) is 6.52. The number of nitrogens with one attached hydrogen (secondary N) is 1. The van der Waals surface area contributed by atoms with Crippen LogP contribution < -0.4 is 5.32 Å². The highest BCUT2D eigenvalue weighted by molar-refractivity contribution is 9.10. The van der Waals surface area contributed by atoms with Gasteiger partial charge in [-0.05, 0) is 35.7 Å². The lowest BCUT2D eigenvalue weighted by Crippen LogP contribution is -2.11. The molecule has 21 heavy (non-hydrogen) atoms. The molecule has 0 aliphatic heterocycles. The van der Waals surface area contributed by atoms with Crippen molar-refractivity contribution in [1.29, 1.82) is 0 Å². The third kappa shape index (κ3) is 4.24. The molecular formula is C16H15BrF3N. The summed E-state index contributed by atoms with van der Waals surface area (Å²) in [7, 11) is 0. The van der Waals surface area contributed by atoms with Crippen LogP contribution in [-0.2, 0) is 19.1 Å². The van der Waals surface area contributed by atoms with E-state index in [1.54, 1.807) is 6.07 Å². The molecular weight excluding hydrogens is 343 g/mol. The van der Waals surface area contributed by atoms with Crippen molar-refractivity contribution in [1.82, 2.24) is 0 Å². The first-order chi connectivity index (χ1) is 9.90. The topological polar surface area (TPSA) is 12.0 Å². The Morgan fingerprint density at radius 2 is 1.62 bits per heavy atom. The van der Waals surface area contributed by atoms with E-state index in [0.717, 1.165) is 18.1 Å². The van der Waals surface area contributed by atoms with Crippen LogP contribution in [0, 0.1) is 0 Å². The van der Waals surface area contributed by atoms with Crippen LogP contribution in [0.25, 0.3) is 0 Å². The van der Waals surface area contributed by atoms with Gasteiger partial charge < -0.3 is 5.32 Å². The second-order valence-corrected chi connectivity index (χ2v) is 5.63. The molecule has 0 bridgehead atoms. The van der Waals surface area contributed by atoms with E-state index in [1.807, 2.05) is 24.3 Å². The maximum Gasteiger partial charge on any atom is 0.418 e. The molecule has 2 rings (SSSR count). The lowest BCUT2D eigenvalue weighted by Gasteiger charge is -2.15. The van der Waals surface area contributed by atoms with Gasteiger partial charge in [-0.2, -0.15) is 13.2 Å². The number of anilines is 1. The summed E-state index contributed by atoms with van der Waals surface area (Å²) in [6.07, 6.45) is -3.43. The molecule has 0 aromatic heterocycles. The first-order valence-corrected chi connectivity index (χ1v) is 7.38. The third-order valence-corrected chi connectivity index (χ3v) is 3.69. The summed E-state index contributed by atoms with van der Waals surface area (Å²) in [5, 5.41) is 2.86. The molecule has 2 aromatic rings. The van der Waals surface area contributed by atoms with Crippen LogP contribution in [0.15, 0.2) is 46.9 Å². The van der Waals surface area contributed by atoms with Crippen LogP contribution >= 0.6 is 15.9 Å². The molecule has 5 heteroatoms. The highest BCUT2D eigenvalue weighted by Crippen LogP contribution is 2.36. The van der Waals surface area contributed by atoms with Crippen molar-refractivity contribution in [3.8, 4) is 0 Å². The Kier molecular flexibility index (Phi) is 4.93. The largest absolute Gasteiger partial charge is 0.418 e. The second-order valence-electron chi connectivity index (χ2n) is 4.71. The minimum absolute atomic E-state index is 0.0882. The van der Waals surface area contributed by atoms with Crippen molar-refractivity contribution in [2.75, 3.05) is 5.32 Å². The average Bonchev–Trinajstić information content (AvgIpc) is 2.45. The minimum Gasteiger partial charge on any atom is -0.380 e. The van der Waals surface area contributed by atoms with Crippen molar-refractivity contribution in [2.45, 2.75) is 26.1 Å². The molecule has 0 aliphatic rings. The number of rotatable bonds is 4. The normalized spacial score (nSPS) is 11.5. The van der Waals surface area contributed by atoms with Gasteiger partial charge in [-0.25, -0.2) is 0 Å². The molecule has 2 aromatic carbocycles. The standard InChI is InChI=1S/C16H15BrF3N/c1-2-11-3-5-12(6-4-11)10-21-15-8-7-13(17)9-14(15)16(18,19)20/h3-9,21H,2,10H2,1H3. The predicted octanol–water partition coefficient (Wildman–Crippen LogP) is 5.64. The fourth-order valence-electron chi connectivity index (χ4n) is 2.00. The molecule has 112 valence electrons. The maximum absolute atomic E-state index is 13.0. The number of benzene rings is 2. The number of hydrogen-bond acceptors (Lipinski definition) is 1. The minimum atomic E-state index is -4.38. The summed E-state index contributed by atoms with van der Waals surface area (Å²) in [5.41, 5.74) is 1.58. The van der Waals surface area contributed by atoms with E-state index in [4.69, 9.17) is 0 Å². The monoisotopic (exact) mass is 357 g/mol. The molecule has 0 saturated carbocycles. The lowest BCUT2D eigenvalue weighted by atomic mass is 10.1. The average molecular weight is 358 g/mol. The summed E-state index contributed by atoms with van der Waals surface area (Å²) in [4.78, 5) is 0. The summed E-state index contributed by atoms with van der Waals surface area (Å²) >= 11 is 3.07. The quantitative estimate of drug-likeness (QED) is 0.746. The van der Waals surface area contributed by atoms with Gasteiger partial charge in [-0.1, -0.05) is 47.1 Å². The zero-order valence-electron chi connectivity index (χ0n) is 11.5. The lowest BCUT2D eigenvalue weighted by molar-refractivity contribution is -0.137. The maximum atomic E-state index is 13.0. The molecule has 0 aliphatic carbocycles. The number of hydrogen-bond donors (Lipinski definition) is 1. The fourth-order valence-corrected chi connectivity index (χ4v) is 2.36. The van der Waals surface area contributed by atoms with E-state index in [2.05, 4.69) is 28.2 Å². The number of halogens is 4. The van der Waals surface area contributed by atoms with Gasteiger partial charge in [0.25, 0.3) is 0 Å². The molecule has 1 N–H and O–H groups in total. The van der Waals surface area contributed by atoms with Crippen LogP contribution in [-0.4, -0.2) is 0 Å². The van der Waals surface area contributed by atoms with E-state index in [-0.39, 0.29) is 5.69 Å². The van der Waals surface area contributed by atoms with Crippen molar-refractivity contribution < 1.29 is 13.2 Å². The van der Waals surface area contributed by atoms with Gasteiger partial charge in [-0.15, -0.1) is 0 Å². The smallest absolute Gasteiger partial charge is 0.380 e. The Labute approximate surface area is 130 Å². The summed E-state index contributed by atoms with van der Waals surface area (Å²) in [6.45, 7) is 2.42. The SMILES string of the molecule is CCc1ccc(CNc2ccc(Br)cc2C(F)(F)F)cc1. The van der Waals surface area contributed by atoms with Gasteiger partial charge in [0, 0.05) is 16.7 Å². The molecule has 0 unspecified atom stereocenters. The highest BCUT2D eigenvalue weighted by atomic mass is 79.9. The van der Waals surface area contributed by atoms with Crippen molar-refractivity contribution in [2.24, 2.45) is 0 Å². The van der Waals surface area contributed by atoms with Gasteiger partial charge in [0.2, 0.25) is 0 Å². The Hall–Kier alpha value is -1.49. The Bertz CT molecular complexity index is 606. The van der Waals surface area contributed by atoms with Crippen molar-refractivity contribution in [3.63, 3.8) is 0 Å². The first-order valence-electron chi connectivity index (χ1n) is 6.58. The summed E-state index contributed by atoms with van der Waals surface area (Å²) < 4.78 is 39.4. The molecule has 0 atom stereocenters. The van der Waals surface area contributed by atoms with E-state index < -0.39 is 11.7 Å². The van der Waals surface area contributed by atoms with Gasteiger partial charge in [-0.3, -0.25) is 0 Å². The molecule has 0 fully saturated rings. The predicted molar refractivity (Wildman–Crippen MR) is 82.3 cm³/mol. The van der Waals surface area contributed by atoms with Gasteiger partial charge >= 0.3 is 6.18 Å². The van der Waals surface area contributed by atoms with E-state index in [0.29, 0.717) is 11.0 Å².